The predicted octanol–water partition coefficient (Wildman–Crippen LogP) is 0.439. The molecule has 0 fully saturated rings. The van der Waals surface area contributed by atoms with E-state index in [4.69, 9.17) is 0 Å². The van der Waals surface area contributed by atoms with Gasteiger partial charge in [-0.15, -0.1) is 0 Å². The molecule has 0 unspecified atom stereocenters. The Morgan fingerprint density at radius 3 is 2.67 bits per heavy atom. The minimum atomic E-state index is -3.67. The monoisotopic (exact) mass is 267 g/mol. The van der Waals surface area contributed by atoms with Crippen molar-refractivity contribution in [2.24, 2.45) is 4.99 Å². The van der Waals surface area contributed by atoms with E-state index in [1.165, 1.54) is 17.3 Å². The summed E-state index contributed by atoms with van der Waals surface area (Å²) in [6.45, 7) is -0.243. The van der Waals surface area contributed by atoms with Crippen LogP contribution in [0.25, 0.3) is 0 Å². The standard InChI is InChI=1S/C11H13N3O3S/c1-13(2)11(15)7-14-8-12-9-5-3-4-6-10(9)18(14,16)17/h3-6,8H,7H2,1-2H3. The molecule has 0 N–H and O–H groups in total. The Hall–Kier alpha value is -1.89. The van der Waals surface area contributed by atoms with Crippen molar-refractivity contribution in [1.29, 1.82) is 0 Å². The summed E-state index contributed by atoms with van der Waals surface area (Å²) in [5.41, 5.74) is 0.394. The molecule has 1 aromatic rings. The number of hydrogen-bond donors (Lipinski definition) is 0. The number of carbonyl (C=O) groups is 1. The third kappa shape index (κ3) is 2.08. The first-order valence-electron chi connectivity index (χ1n) is 5.28. The van der Waals surface area contributed by atoms with Crippen LogP contribution in [0.2, 0.25) is 0 Å². The second-order valence-electron chi connectivity index (χ2n) is 4.05. The smallest absolute Gasteiger partial charge is 0.267 e. The molecule has 18 heavy (non-hydrogen) atoms. The third-order valence-electron chi connectivity index (χ3n) is 2.57. The van der Waals surface area contributed by atoms with E-state index < -0.39 is 10.0 Å². The second-order valence-corrected chi connectivity index (χ2v) is 5.91. The van der Waals surface area contributed by atoms with Gasteiger partial charge in [-0.2, -0.15) is 0 Å². The molecular formula is C11H13N3O3S. The van der Waals surface area contributed by atoms with E-state index in [-0.39, 0.29) is 17.3 Å². The first-order chi connectivity index (χ1) is 8.43. The SMILES string of the molecule is CN(C)C(=O)CN1C=Nc2ccccc2S1(=O)=O. The first-order valence-corrected chi connectivity index (χ1v) is 6.72. The van der Waals surface area contributed by atoms with Gasteiger partial charge in [-0.3, -0.25) is 4.79 Å². The van der Waals surface area contributed by atoms with Crippen LogP contribution in [0.1, 0.15) is 0 Å². The summed E-state index contributed by atoms with van der Waals surface area (Å²) >= 11 is 0. The number of hydrogen-bond acceptors (Lipinski definition) is 4. The summed E-state index contributed by atoms with van der Waals surface area (Å²) in [4.78, 5) is 17.1. The van der Waals surface area contributed by atoms with Gasteiger partial charge in [0.1, 0.15) is 17.8 Å². The van der Waals surface area contributed by atoms with Gasteiger partial charge in [-0.05, 0) is 12.1 Å². The summed E-state index contributed by atoms with van der Waals surface area (Å²) in [6, 6.07) is 6.44. The van der Waals surface area contributed by atoms with Crippen molar-refractivity contribution in [3.8, 4) is 0 Å². The minimum absolute atomic E-state index is 0.124. The lowest BCUT2D eigenvalue weighted by Gasteiger charge is -2.24. The highest BCUT2D eigenvalue weighted by Crippen LogP contribution is 2.29. The molecule has 7 heteroatoms. The fraction of sp³-hybridized carbons (Fsp3) is 0.273. The fourth-order valence-corrected chi connectivity index (χ4v) is 2.84. The Bertz CT molecular complexity index is 608. The van der Waals surface area contributed by atoms with E-state index in [0.717, 1.165) is 4.31 Å². The number of para-hydroxylation sites is 1. The van der Waals surface area contributed by atoms with Gasteiger partial charge in [0.05, 0.1) is 5.69 Å². The Labute approximate surface area is 106 Å². The van der Waals surface area contributed by atoms with Crippen LogP contribution in [-0.2, 0) is 14.8 Å². The topological polar surface area (TPSA) is 70.1 Å². The van der Waals surface area contributed by atoms with Gasteiger partial charge >= 0.3 is 0 Å². The number of nitrogens with zero attached hydrogens (tertiary/aromatic N) is 3. The molecule has 1 amide bonds. The summed E-state index contributed by atoms with van der Waals surface area (Å²) in [6.07, 6.45) is 1.18. The van der Waals surface area contributed by atoms with Crippen molar-refractivity contribution >= 4 is 28.0 Å². The average Bonchev–Trinajstić information content (AvgIpc) is 2.33. The van der Waals surface area contributed by atoms with Crippen LogP contribution in [0, 0.1) is 0 Å². The van der Waals surface area contributed by atoms with Crippen LogP contribution in [-0.4, -0.2) is 50.5 Å². The zero-order valence-corrected chi connectivity index (χ0v) is 10.9. The third-order valence-corrected chi connectivity index (χ3v) is 4.31. The normalized spacial score (nSPS) is 16.2. The maximum atomic E-state index is 12.2. The number of aliphatic imine (C=N–C) groups is 1. The molecule has 0 radical (unpaired) electrons. The largest absolute Gasteiger partial charge is 0.347 e. The number of carbonyl (C=O) groups excluding carboxylic acids is 1. The Kier molecular flexibility index (Phi) is 3.08. The van der Waals surface area contributed by atoms with E-state index in [1.807, 2.05) is 0 Å². The molecule has 1 heterocycles. The van der Waals surface area contributed by atoms with E-state index in [1.54, 1.807) is 32.3 Å². The van der Waals surface area contributed by atoms with Crippen LogP contribution < -0.4 is 0 Å². The van der Waals surface area contributed by atoms with Crippen LogP contribution >= 0.6 is 0 Å². The van der Waals surface area contributed by atoms with Gasteiger partial charge in [-0.25, -0.2) is 17.7 Å². The molecule has 0 bridgehead atoms. The average molecular weight is 267 g/mol. The second kappa shape index (κ2) is 4.41. The summed E-state index contributed by atoms with van der Waals surface area (Å²) in [5, 5.41) is 0. The van der Waals surface area contributed by atoms with Crippen LogP contribution in [0.3, 0.4) is 0 Å². The van der Waals surface area contributed by atoms with E-state index >= 15 is 0 Å². The van der Waals surface area contributed by atoms with Gasteiger partial charge in [0, 0.05) is 14.1 Å². The van der Waals surface area contributed by atoms with Gasteiger partial charge in [0.2, 0.25) is 5.91 Å². The minimum Gasteiger partial charge on any atom is -0.347 e. The molecular weight excluding hydrogens is 254 g/mol. The number of sulfonamides is 1. The van der Waals surface area contributed by atoms with E-state index in [0.29, 0.717) is 5.69 Å². The molecule has 0 spiro atoms. The van der Waals surface area contributed by atoms with Crippen LogP contribution in [0.4, 0.5) is 5.69 Å². The lowest BCUT2D eigenvalue weighted by molar-refractivity contribution is -0.128. The van der Waals surface area contributed by atoms with Crippen molar-refractivity contribution < 1.29 is 13.2 Å². The van der Waals surface area contributed by atoms with Crippen molar-refractivity contribution in [2.75, 3.05) is 20.6 Å². The Morgan fingerprint density at radius 1 is 1.33 bits per heavy atom. The quantitative estimate of drug-likeness (QED) is 0.780. The van der Waals surface area contributed by atoms with Crippen LogP contribution in [0.5, 0.6) is 0 Å². The van der Waals surface area contributed by atoms with Gasteiger partial charge in [0.15, 0.2) is 0 Å². The van der Waals surface area contributed by atoms with Gasteiger partial charge < -0.3 is 4.90 Å². The highest BCUT2D eigenvalue weighted by molar-refractivity contribution is 7.89. The number of benzene rings is 1. The fourth-order valence-electron chi connectivity index (χ4n) is 1.50. The lowest BCUT2D eigenvalue weighted by atomic mass is 10.3. The van der Waals surface area contributed by atoms with E-state index in [2.05, 4.69) is 4.99 Å². The van der Waals surface area contributed by atoms with Gasteiger partial charge in [-0.1, -0.05) is 12.1 Å². The summed E-state index contributed by atoms with van der Waals surface area (Å²) in [5.74, 6) is -0.301. The summed E-state index contributed by atoms with van der Waals surface area (Å²) in [7, 11) is -0.528. The highest BCUT2D eigenvalue weighted by Gasteiger charge is 2.29. The maximum Gasteiger partial charge on any atom is 0.267 e. The number of fused-ring (bicyclic) bond motifs is 1. The summed E-state index contributed by atoms with van der Waals surface area (Å²) < 4.78 is 25.4. The molecule has 0 saturated carbocycles. The van der Waals surface area contributed by atoms with Crippen molar-refractivity contribution in [3.63, 3.8) is 0 Å². The first kappa shape index (κ1) is 12.6. The number of amides is 1. The van der Waals surface area contributed by atoms with Crippen molar-refractivity contribution in [1.82, 2.24) is 9.21 Å². The molecule has 6 nitrogen and oxygen atoms in total. The van der Waals surface area contributed by atoms with Crippen molar-refractivity contribution in [2.45, 2.75) is 4.90 Å². The molecule has 0 aliphatic carbocycles. The Balaban J connectivity index is 2.36. The Morgan fingerprint density at radius 2 is 2.00 bits per heavy atom. The molecule has 1 aliphatic rings. The van der Waals surface area contributed by atoms with Crippen molar-refractivity contribution in [3.05, 3.63) is 24.3 Å². The van der Waals surface area contributed by atoms with Crippen LogP contribution in [0.15, 0.2) is 34.2 Å². The predicted molar refractivity (Wildman–Crippen MR) is 67.2 cm³/mol. The number of rotatable bonds is 2. The molecule has 1 aliphatic heterocycles. The molecule has 1 aromatic carbocycles. The molecule has 0 saturated heterocycles. The molecule has 0 aromatic heterocycles. The zero-order chi connectivity index (χ0) is 13.3. The molecule has 0 atom stereocenters. The van der Waals surface area contributed by atoms with Gasteiger partial charge in [0.25, 0.3) is 10.0 Å². The zero-order valence-electron chi connectivity index (χ0n) is 10.1. The highest BCUT2D eigenvalue weighted by atomic mass is 32.2. The lowest BCUT2D eigenvalue weighted by Crippen LogP contribution is -2.40. The maximum absolute atomic E-state index is 12.2. The number of likely N-dealkylation sites (N-methyl/N-ethyl adjacent to an activating group) is 1. The molecule has 96 valence electrons. The van der Waals surface area contributed by atoms with E-state index in [9.17, 15) is 13.2 Å². The molecule has 2 rings (SSSR count).